The maximum absolute atomic E-state index is 5.22. The lowest BCUT2D eigenvalue weighted by molar-refractivity contribution is 0.660. The molecule has 1 aliphatic rings. The second-order valence-corrected chi connectivity index (χ2v) is 15.4. The Kier molecular flexibility index (Phi) is 8.53. The van der Waals surface area contributed by atoms with Crippen molar-refractivity contribution in [3.8, 4) is 89.5 Å². The predicted molar refractivity (Wildman–Crippen MR) is 238 cm³/mol. The molecular formula is C55H40N2. The molecule has 8 aromatic carbocycles. The van der Waals surface area contributed by atoms with Gasteiger partial charge in [-0.15, -0.1) is 0 Å². The Morgan fingerprint density at radius 3 is 1.25 bits per heavy atom. The van der Waals surface area contributed by atoms with Gasteiger partial charge in [0.1, 0.15) is 0 Å². The van der Waals surface area contributed by atoms with E-state index in [1.165, 1.54) is 44.5 Å². The van der Waals surface area contributed by atoms with Crippen LogP contribution in [0.4, 0.5) is 0 Å². The van der Waals surface area contributed by atoms with Crippen molar-refractivity contribution in [1.82, 2.24) is 9.97 Å². The highest BCUT2D eigenvalue weighted by atomic mass is 14.9. The Morgan fingerprint density at radius 1 is 0.281 bits per heavy atom. The second kappa shape index (κ2) is 14.2. The van der Waals surface area contributed by atoms with Gasteiger partial charge in [0.2, 0.25) is 0 Å². The molecule has 57 heavy (non-hydrogen) atoms. The summed E-state index contributed by atoms with van der Waals surface area (Å²) in [6.07, 6.45) is 0. The molecule has 0 saturated carbocycles. The van der Waals surface area contributed by atoms with Crippen molar-refractivity contribution in [1.29, 1.82) is 0 Å². The molecule has 270 valence electrons. The summed E-state index contributed by atoms with van der Waals surface area (Å²) >= 11 is 0. The molecule has 0 aliphatic heterocycles. The van der Waals surface area contributed by atoms with Gasteiger partial charge >= 0.3 is 0 Å². The van der Waals surface area contributed by atoms with E-state index in [4.69, 9.17) is 9.97 Å². The van der Waals surface area contributed by atoms with Gasteiger partial charge in [0.15, 0.2) is 5.82 Å². The minimum Gasteiger partial charge on any atom is -0.228 e. The first-order valence-electron chi connectivity index (χ1n) is 19.6. The van der Waals surface area contributed by atoms with Crippen molar-refractivity contribution in [2.45, 2.75) is 19.3 Å². The van der Waals surface area contributed by atoms with E-state index in [2.05, 4.69) is 214 Å². The van der Waals surface area contributed by atoms with Crippen LogP contribution in [0.2, 0.25) is 0 Å². The number of aromatic nitrogens is 2. The summed E-state index contributed by atoms with van der Waals surface area (Å²) in [6.45, 7) is 4.68. The van der Waals surface area contributed by atoms with Gasteiger partial charge in [-0.2, -0.15) is 0 Å². The van der Waals surface area contributed by atoms with Gasteiger partial charge in [0, 0.05) is 22.1 Å². The molecule has 0 spiro atoms. The van der Waals surface area contributed by atoms with Crippen LogP contribution < -0.4 is 0 Å². The zero-order valence-electron chi connectivity index (χ0n) is 32.0. The number of rotatable bonds is 7. The molecule has 9 aromatic rings. The minimum atomic E-state index is -0.0284. The lowest BCUT2D eigenvalue weighted by Gasteiger charge is -2.22. The molecule has 1 aromatic heterocycles. The highest BCUT2D eigenvalue weighted by Gasteiger charge is 2.35. The first kappa shape index (κ1) is 34.3. The van der Waals surface area contributed by atoms with Crippen molar-refractivity contribution in [3.05, 3.63) is 217 Å². The number of nitrogens with zero attached hydrogens (tertiary/aromatic N) is 2. The average molecular weight is 729 g/mol. The summed E-state index contributed by atoms with van der Waals surface area (Å²) in [4.78, 5) is 10.4. The van der Waals surface area contributed by atoms with Crippen LogP contribution in [0.25, 0.3) is 89.5 Å². The number of hydrogen-bond acceptors (Lipinski definition) is 2. The maximum atomic E-state index is 5.22. The van der Waals surface area contributed by atoms with Crippen LogP contribution in [0.3, 0.4) is 0 Å². The van der Waals surface area contributed by atoms with E-state index < -0.39 is 0 Å². The molecule has 0 fully saturated rings. The fraction of sp³-hybridized carbons (Fsp3) is 0.0545. The van der Waals surface area contributed by atoms with E-state index in [0.29, 0.717) is 5.82 Å². The normalized spacial score (nSPS) is 12.5. The predicted octanol–water partition coefficient (Wildman–Crippen LogP) is 14.5. The highest BCUT2D eigenvalue weighted by molar-refractivity contribution is 5.84. The van der Waals surface area contributed by atoms with Crippen molar-refractivity contribution in [3.63, 3.8) is 0 Å². The van der Waals surface area contributed by atoms with Crippen LogP contribution in [0.5, 0.6) is 0 Å². The number of fused-ring (bicyclic) bond motifs is 3. The van der Waals surface area contributed by atoms with Gasteiger partial charge in [0.05, 0.1) is 11.4 Å². The molecule has 0 saturated heterocycles. The molecule has 1 heterocycles. The molecule has 0 amide bonds. The van der Waals surface area contributed by atoms with Crippen LogP contribution in [0, 0.1) is 0 Å². The van der Waals surface area contributed by atoms with Crippen LogP contribution in [-0.2, 0) is 5.41 Å². The maximum Gasteiger partial charge on any atom is 0.160 e. The van der Waals surface area contributed by atoms with Gasteiger partial charge < -0.3 is 0 Å². The summed E-state index contributed by atoms with van der Waals surface area (Å²) in [5.41, 5.74) is 19.7. The summed E-state index contributed by atoms with van der Waals surface area (Å²) < 4.78 is 0. The largest absolute Gasteiger partial charge is 0.228 e. The molecule has 0 bridgehead atoms. The van der Waals surface area contributed by atoms with E-state index in [1.807, 2.05) is 6.07 Å². The molecule has 0 atom stereocenters. The van der Waals surface area contributed by atoms with Crippen molar-refractivity contribution < 1.29 is 0 Å². The van der Waals surface area contributed by atoms with E-state index >= 15 is 0 Å². The Bertz CT molecular complexity index is 2890. The van der Waals surface area contributed by atoms with Crippen LogP contribution in [0.1, 0.15) is 25.0 Å². The Labute approximate surface area is 334 Å². The van der Waals surface area contributed by atoms with E-state index in [9.17, 15) is 0 Å². The summed E-state index contributed by atoms with van der Waals surface area (Å²) in [7, 11) is 0. The SMILES string of the molecule is CC1(C)c2ccccc2-c2ccc(-c3ccc(-c4cccc(-c5cc(-c6cccc(-c7ccccc7)c6)nc(-c6ccc(-c7ccccc7)cc6)n5)c4)cc3)cc21. The van der Waals surface area contributed by atoms with E-state index in [0.717, 1.165) is 50.3 Å². The lowest BCUT2D eigenvalue weighted by atomic mass is 9.81. The van der Waals surface area contributed by atoms with E-state index in [-0.39, 0.29) is 5.41 Å². The van der Waals surface area contributed by atoms with Gasteiger partial charge in [-0.3, -0.25) is 0 Å². The van der Waals surface area contributed by atoms with Gasteiger partial charge in [-0.05, 0) is 91.0 Å². The second-order valence-electron chi connectivity index (χ2n) is 15.4. The standard InChI is InChI=1S/C55H40N2/c1-55(2)50-22-10-9-21-48(50)49-32-31-45(35-51(49)55)41-25-23-40(24-26-41)44-18-12-20-47(34-44)53-36-52(46-19-11-17-43(33-46)38-15-7-4-8-16-38)56-54(57-53)42-29-27-39(28-30-42)37-13-5-3-6-14-37/h3-36H,1-2H3. The Hall–Kier alpha value is -7.16. The topological polar surface area (TPSA) is 25.8 Å². The molecule has 0 unspecified atom stereocenters. The first-order chi connectivity index (χ1) is 28.0. The zero-order chi connectivity index (χ0) is 38.3. The smallest absolute Gasteiger partial charge is 0.160 e. The molecular weight excluding hydrogens is 689 g/mol. The fourth-order valence-corrected chi connectivity index (χ4v) is 8.40. The monoisotopic (exact) mass is 728 g/mol. The third-order valence-corrected chi connectivity index (χ3v) is 11.5. The molecule has 0 radical (unpaired) electrons. The highest BCUT2D eigenvalue weighted by Crippen LogP contribution is 2.49. The van der Waals surface area contributed by atoms with Gasteiger partial charge in [-0.1, -0.05) is 196 Å². The Balaban J connectivity index is 1.00. The summed E-state index contributed by atoms with van der Waals surface area (Å²) in [5, 5.41) is 0. The molecule has 2 heteroatoms. The molecule has 0 N–H and O–H groups in total. The minimum absolute atomic E-state index is 0.0284. The lowest BCUT2D eigenvalue weighted by Crippen LogP contribution is -2.14. The molecule has 2 nitrogen and oxygen atoms in total. The van der Waals surface area contributed by atoms with Crippen LogP contribution in [0.15, 0.2) is 206 Å². The summed E-state index contributed by atoms with van der Waals surface area (Å²) in [5.74, 6) is 0.697. The van der Waals surface area contributed by atoms with Crippen LogP contribution >= 0.6 is 0 Å². The zero-order valence-corrected chi connectivity index (χ0v) is 32.0. The van der Waals surface area contributed by atoms with E-state index in [1.54, 1.807) is 0 Å². The number of benzene rings is 8. The first-order valence-corrected chi connectivity index (χ1v) is 19.6. The van der Waals surface area contributed by atoms with Crippen molar-refractivity contribution >= 4 is 0 Å². The van der Waals surface area contributed by atoms with Crippen molar-refractivity contribution in [2.75, 3.05) is 0 Å². The fourth-order valence-electron chi connectivity index (χ4n) is 8.40. The molecule has 10 rings (SSSR count). The van der Waals surface area contributed by atoms with Crippen molar-refractivity contribution in [2.24, 2.45) is 0 Å². The molecule has 1 aliphatic carbocycles. The van der Waals surface area contributed by atoms with Crippen LogP contribution in [-0.4, -0.2) is 9.97 Å². The summed E-state index contributed by atoms with van der Waals surface area (Å²) in [6, 6.07) is 73.8. The number of hydrogen-bond donors (Lipinski definition) is 0. The van der Waals surface area contributed by atoms with Gasteiger partial charge in [0.25, 0.3) is 0 Å². The average Bonchev–Trinajstić information content (AvgIpc) is 3.52. The van der Waals surface area contributed by atoms with Gasteiger partial charge in [-0.25, -0.2) is 9.97 Å². The third-order valence-electron chi connectivity index (χ3n) is 11.5. The Morgan fingerprint density at radius 2 is 0.667 bits per heavy atom. The third kappa shape index (κ3) is 6.46. The quantitative estimate of drug-likeness (QED) is 0.163.